The molecule has 0 atom stereocenters. The SMILES string of the molecule is CCc1ccsc1CNCc1ccccc1C1CC1. The smallest absolute Gasteiger partial charge is 0.0305 e. The molecule has 0 saturated heterocycles. The molecule has 1 nitrogen and oxygen atoms in total. The molecule has 2 heteroatoms. The monoisotopic (exact) mass is 271 g/mol. The van der Waals surface area contributed by atoms with Crippen molar-refractivity contribution in [3.05, 3.63) is 57.3 Å². The van der Waals surface area contributed by atoms with Gasteiger partial charge in [-0.05, 0) is 53.3 Å². The topological polar surface area (TPSA) is 12.0 Å². The van der Waals surface area contributed by atoms with Gasteiger partial charge >= 0.3 is 0 Å². The Hall–Kier alpha value is -1.12. The first-order valence-corrected chi connectivity index (χ1v) is 8.10. The van der Waals surface area contributed by atoms with Crippen LogP contribution in [0.1, 0.15) is 47.3 Å². The van der Waals surface area contributed by atoms with Crippen molar-refractivity contribution in [1.82, 2.24) is 5.32 Å². The zero-order chi connectivity index (χ0) is 13.1. The summed E-state index contributed by atoms with van der Waals surface area (Å²) in [5, 5.41) is 5.81. The molecule has 0 unspecified atom stereocenters. The highest BCUT2D eigenvalue weighted by molar-refractivity contribution is 7.10. The van der Waals surface area contributed by atoms with Crippen LogP contribution in [0.25, 0.3) is 0 Å². The zero-order valence-corrected chi connectivity index (χ0v) is 12.3. The molecule has 1 aliphatic carbocycles. The van der Waals surface area contributed by atoms with E-state index in [9.17, 15) is 0 Å². The van der Waals surface area contributed by atoms with Crippen LogP contribution in [-0.4, -0.2) is 0 Å². The lowest BCUT2D eigenvalue weighted by atomic mass is 10.0. The molecule has 1 fully saturated rings. The number of thiophene rings is 1. The molecule has 19 heavy (non-hydrogen) atoms. The summed E-state index contributed by atoms with van der Waals surface area (Å²) in [6.45, 7) is 4.22. The number of rotatable bonds is 6. The second-order valence-corrected chi connectivity index (χ2v) is 6.30. The molecule has 0 aliphatic heterocycles. The molecule has 0 bridgehead atoms. The fourth-order valence-electron chi connectivity index (χ4n) is 2.64. The molecule has 1 N–H and O–H groups in total. The first-order valence-electron chi connectivity index (χ1n) is 7.22. The van der Waals surface area contributed by atoms with Crippen LogP contribution in [0.2, 0.25) is 0 Å². The summed E-state index contributed by atoms with van der Waals surface area (Å²) in [6.07, 6.45) is 3.89. The average molecular weight is 271 g/mol. The molecule has 0 amide bonds. The van der Waals surface area contributed by atoms with Gasteiger partial charge in [0.1, 0.15) is 0 Å². The maximum atomic E-state index is 3.61. The third-order valence-electron chi connectivity index (χ3n) is 3.89. The number of nitrogens with one attached hydrogen (secondary N) is 1. The van der Waals surface area contributed by atoms with E-state index in [1.54, 1.807) is 5.56 Å². The fraction of sp³-hybridized carbons (Fsp3) is 0.412. The van der Waals surface area contributed by atoms with Gasteiger partial charge in [-0.1, -0.05) is 31.2 Å². The van der Waals surface area contributed by atoms with Crippen LogP contribution in [0.4, 0.5) is 0 Å². The van der Waals surface area contributed by atoms with Crippen molar-refractivity contribution in [3.63, 3.8) is 0 Å². The van der Waals surface area contributed by atoms with E-state index in [1.165, 1.54) is 28.8 Å². The van der Waals surface area contributed by atoms with E-state index >= 15 is 0 Å². The van der Waals surface area contributed by atoms with Gasteiger partial charge in [-0.2, -0.15) is 0 Å². The molecular formula is C17H21NS. The van der Waals surface area contributed by atoms with Gasteiger partial charge in [-0.15, -0.1) is 11.3 Å². The predicted octanol–water partition coefficient (Wildman–Crippen LogP) is 4.48. The van der Waals surface area contributed by atoms with Crippen molar-refractivity contribution >= 4 is 11.3 Å². The van der Waals surface area contributed by atoms with Gasteiger partial charge < -0.3 is 5.32 Å². The molecule has 1 saturated carbocycles. The second-order valence-electron chi connectivity index (χ2n) is 5.30. The predicted molar refractivity (Wildman–Crippen MR) is 82.7 cm³/mol. The highest BCUT2D eigenvalue weighted by Crippen LogP contribution is 2.41. The second kappa shape index (κ2) is 5.89. The van der Waals surface area contributed by atoms with Crippen molar-refractivity contribution in [2.24, 2.45) is 0 Å². The lowest BCUT2D eigenvalue weighted by Gasteiger charge is -2.10. The lowest BCUT2D eigenvalue weighted by Crippen LogP contribution is -2.13. The molecule has 1 heterocycles. The van der Waals surface area contributed by atoms with E-state index in [4.69, 9.17) is 0 Å². The Morgan fingerprint density at radius 2 is 1.95 bits per heavy atom. The first kappa shape index (κ1) is 12.9. The Morgan fingerprint density at radius 1 is 1.11 bits per heavy atom. The van der Waals surface area contributed by atoms with Gasteiger partial charge in [0.05, 0.1) is 0 Å². The van der Waals surface area contributed by atoms with Crippen LogP contribution in [-0.2, 0) is 19.5 Å². The molecule has 2 aromatic rings. The summed E-state index contributed by atoms with van der Waals surface area (Å²) >= 11 is 1.87. The van der Waals surface area contributed by atoms with Crippen molar-refractivity contribution in [1.29, 1.82) is 0 Å². The van der Waals surface area contributed by atoms with E-state index in [-0.39, 0.29) is 0 Å². The number of hydrogen-bond acceptors (Lipinski definition) is 2. The molecule has 1 aromatic carbocycles. The molecule has 100 valence electrons. The minimum atomic E-state index is 0.839. The summed E-state index contributed by atoms with van der Waals surface area (Å²) in [5.41, 5.74) is 4.55. The largest absolute Gasteiger partial charge is 0.308 e. The first-order chi connectivity index (χ1) is 9.38. The molecular weight excluding hydrogens is 250 g/mol. The minimum absolute atomic E-state index is 0.839. The molecule has 3 rings (SSSR count). The van der Waals surface area contributed by atoms with Gasteiger partial charge in [0.25, 0.3) is 0 Å². The van der Waals surface area contributed by atoms with Crippen LogP contribution in [0.5, 0.6) is 0 Å². The number of aryl methyl sites for hydroxylation is 1. The molecule has 1 aromatic heterocycles. The maximum absolute atomic E-state index is 3.61. The van der Waals surface area contributed by atoms with E-state index in [0.717, 1.165) is 25.4 Å². The minimum Gasteiger partial charge on any atom is -0.308 e. The van der Waals surface area contributed by atoms with Crippen LogP contribution >= 0.6 is 11.3 Å². The summed E-state index contributed by atoms with van der Waals surface area (Å²) in [7, 11) is 0. The summed E-state index contributed by atoms with van der Waals surface area (Å²) in [4.78, 5) is 1.49. The van der Waals surface area contributed by atoms with E-state index in [2.05, 4.69) is 48.0 Å². The zero-order valence-electron chi connectivity index (χ0n) is 11.5. The van der Waals surface area contributed by atoms with E-state index in [1.807, 2.05) is 11.3 Å². The maximum Gasteiger partial charge on any atom is 0.0305 e. The van der Waals surface area contributed by atoms with Gasteiger partial charge in [-0.3, -0.25) is 0 Å². The van der Waals surface area contributed by atoms with Crippen LogP contribution in [0.15, 0.2) is 35.7 Å². The van der Waals surface area contributed by atoms with Crippen molar-refractivity contribution < 1.29 is 0 Å². The Morgan fingerprint density at radius 3 is 2.74 bits per heavy atom. The summed E-state index contributed by atoms with van der Waals surface area (Å²) in [6, 6.07) is 11.2. The van der Waals surface area contributed by atoms with E-state index < -0.39 is 0 Å². The normalized spacial score (nSPS) is 14.8. The summed E-state index contributed by atoms with van der Waals surface area (Å²) < 4.78 is 0. The highest BCUT2D eigenvalue weighted by atomic mass is 32.1. The molecule has 0 spiro atoms. The Kier molecular flexibility index (Phi) is 4.00. The fourth-order valence-corrected chi connectivity index (χ4v) is 3.58. The van der Waals surface area contributed by atoms with Gasteiger partial charge in [0, 0.05) is 18.0 Å². The summed E-state index contributed by atoms with van der Waals surface area (Å²) in [5.74, 6) is 0.839. The van der Waals surface area contributed by atoms with Gasteiger partial charge in [0.15, 0.2) is 0 Å². The van der Waals surface area contributed by atoms with Gasteiger partial charge in [-0.25, -0.2) is 0 Å². The van der Waals surface area contributed by atoms with Crippen LogP contribution in [0, 0.1) is 0 Å². The van der Waals surface area contributed by atoms with E-state index in [0.29, 0.717) is 0 Å². The number of hydrogen-bond donors (Lipinski definition) is 1. The quantitative estimate of drug-likeness (QED) is 0.817. The lowest BCUT2D eigenvalue weighted by molar-refractivity contribution is 0.691. The Bertz CT molecular complexity index is 540. The Labute approximate surface area is 119 Å². The standard InChI is InChI=1S/C17H21NS/c1-2-13-9-10-19-17(13)12-18-11-15-5-3-4-6-16(15)14-7-8-14/h3-6,9-10,14,18H,2,7-8,11-12H2,1H3. The van der Waals surface area contributed by atoms with Crippen LogP contribution in [0.3, 0.4) is 0 Å². The third kappa shape index (κ3) is 3.07. The Balaban J connectivity index is 1.60. The molecule has 1 aliphatic rings. The highest BCUT2D eigenvalue weighted by Gasteiger charge is 2.25. The van der Waals surface area contributed by atoms with Crippen molar-refractivity contribution in [2.45, 2.75) is 45.2 Å². The third-order valence-corrected chi connectivity index (χ3v) is 4.86. The van der Waals surface area contributed by atoms with Crippen molar-refractivity contribution in [2.75, 3.05) is 0 Å². The number of benzene rings is 1. The van der Waals surface area contributed by atoms with Crippen molar-refractivity contribution in [3.8, 4) is 0 Å². The van der Waals surface area contributed by atoms with Gasteiger partial charge in [0.2, 0.25) is 0 Å². The van der Waals surface area contributed by atoms with Crippen LogP contribution < -0.4 is 5.32 Å². The average Bonchev–Trinajstić information content (AvgIpc) is 3.19. The molecule has 0 radical (unpaired) electrons.